The Labute approximate surface area is 170 Å². The molecule has 7 nitrogen and oxygen atoms in total. The zero-order valence-electron chi connectivity index (χ0n) is 16.3. The SMILES string of the molecule is NC(=O)C12CC3CC(CC(O)(C3)C1)C2c1nn(C2CCC2)c(C(F)(F)F)c1C(=O)O. The molecule has 0 saturated heterocycles. The second-order valence-corrected chi connectivity index (χ2v) is 9.81. The smallest absolute Gasteiger partial charge is 0.433 e. The first kappa shape index (κ1) is 19.8. The molecular weight excluding hydrogens is 403 g/mol. The molecule has 0 radical (unpaired) electrons. The molecule has 4 N–H and O–H groups in total. The van der Waals surface area contributed by atoms with Crippen molar-refractivity contribution in [3.8, 4) is 0 Å². The fourth-order valence-electron chi connectivity index (χ4n) is 6.99. The predicted molar refractivity (Wildman–Crippen MR) is 96.5 cm³/mol. The van der Waals surface area contributed by atoms with Gasteiger partial charge in [-0.05, 0) is 63.2 Å². The summed E-state index contributed by atoms with van der Waals surface area (Å²) in [5.41, 5.74) is 1.13. The van der Waals surface area contributed by atoms with Gasteiger partial charge in [0.25, 0.3) is 0 Å². The molecule has 5 saturated carbocycles. The van der Waals surface area contributed by atoms with Crippen molar-refractivity contribution in [3.63, 3.8) is 0 Å². The molecule has 0 aromatic carbocycles. The lowest BCUT2D eigenvalue weighted by Gasteiger charge is -2.62. The molecule has 5 unspecified atom stereocenters. The average Bonchev–Trinajstić information content (AvgIpc) is 2.91. The highest BCUT2D eigenvalue weighted by atomic mass is 19.4. The lowest BCUT2D eigenvalue weighted by atomic mass is 9.42. The van der Waals surface area contributed by atoms with Gasteiger partial charge in [-0.15, -0.1) is 0 Å². The molecule has 10 heteroatoms. The molecule has 1 heterocycles. The Balaban J connectivity index is 1.73. The number of alkyl halides is 3. The van der Waals surface area contributed by atoms with Crippen molar-refractivity contribution in [1.82, 2.24) is 9.78 Å². The van der Waals surface area contributed by atoms with Crippen molar-refractivity contribution in [2.24, 2.45) is 23.0 Å². The van der Waals surface area contributed by atoms with E-state index in [0.717, 1.165) is 11.1 Å². The van der Waals surface area contributed by atoms with Crippen molar-refractivity contribution < 1.29 is 33.0 Å². The second kappa shape index (κ2) is 5.99. The maximum Gasteiger partial charge on any atom is 0.433 e. The number of nitrogens with two attached hydrogens (primary N) is 1. The fourth-order valence-corrected chi connectivity index (χ4v) is 6.99. The fraction of sp³-hybridized carbons (Fsp3) is 0.750. The number of aromatic nitrogens is 2. The zero-order chi connectivity index (χ0) is 21.6. The van der Waals surface area contributed by atoms with Crippen molar-refractivity contribution in [3.05, 3.63) is 17.0 Å². The number of rotatable bonds is 4. The van der Waals surface area contributed by atoms with Gasteiger partial charge in [-0.1, -0.05) is 0 Å². The van der Waals surface area contributed by atoms with E-state index < -0.39 is 52.3 Å². The molecule has 0 aliphatic heterocycles. The Morgan fingerprint density at radius 2 is 1.90 bits per heavy atom. The first-order chi connectivity index (χ1) is 14.0. The first-order valence-electron chi connectivity index (χ1n) is 10.4. The molecule has 5 aliphatic rings. The number of carboxylic acids is 1. The number of nitrogens with zero attached hydrogens (tertiary/aromatic N) is 2. The maximum atomic E-state index is 14.0. The number of aromatic carboxylic acids is 1. The van der Waals surface area contributed by atoms with Gasteiger partial charge in [0, 0.05) is 5.92 Å². The van der Waals surface area contributed by atoms with Crippen LogP contribution in [-0.2, 0) is 11.0 Å². The van der Waals surface area contributed by atoms with Crippen LogP contribution < -0.4 is 5.73 Å². The Bertz CT molecular complexity index is 940. The van der Waals surface area contributed by atoms with E-state index >= 15 is 0 Å². The van der Waals surface area contributed by atoms with Gasteiger partial charge in [0.2, 0.25) is 5.91 Å². The normalized spacial score (nSPS) is 37.9. The van der Waals surface area contributed by atoms with E-state index in [4.69, 9.17) is 5.73 Å². The summed E-state index contributed by atoms with van der Waals surface area (Å²) in [5.74, 6) is -3.50. The van der Waals surface area contributed by atoms with Crippen LogP contribution in [0.25, 0.3) is 0 Å². The highest BCUT2D eigenvalue weighted by Crippen LogP contribution is 2.67. The summed E-state index contributed by atoms with van der Waals surface area (Å²) in [6.45, 7) is 0. The summed E-state index contributed by atoms with van der Waals surface area (Å²) in [7, 11) is 0. The van der Waals surface area contributed by atoms with Crippen LogP contribution in [0.2, 0.25) is 0 Å². The Kier molecular flexibility index (Phi) is 3.96. The van der Waals surface area contributed by atoms with E-state index in [0.29, 0.717) is 38.5 Å². The van der Waals surface area contributed by atoms with Crippen LogP contribution >= 0.6 is 0 Å². The average molecular weight is 427 g/mol. The molecular formula is C20H24F3N3O4. The molecule has 0 spiro atoms. The number of aliphatic hydroxyl groups is 1. The highest BCUT2D eigenvalue weighted by Gasteiger charge is 2.66. The number of carbonyl (C=O) groups is 2. The Morgan fingerprint density at radius 1 is 1.20 bits per heavy atom. The summed E-state index contributed by atoms with van der Waals surface area (Å²) in [6, 6.07) is -0.501. The predicted octanol–water partition coefficient (Wildman–Crippen LogP) is 2.84. The number of hydrogen-bond acceptors (Lipinski definition) is 4. The minimum atomic E-state index is -4.89. The van der Waals surface area contributed by atoms with Crippen LogP contribution in [0.15, 0.2) is 0 Å². The van der Waals surface area contributed by atoms with Gasteiger partial charge in [0.1, 0.15) is 5.56 Å². The van der Waals surface area contributed by atoms with Gasteiger partial charge < -0.3 is 15.9 Å². The molecule has 1 aromatic rings. The maximum absolute atomic E-state index is 14.0. The number of primary amides is 1. The third-order valence-electron chi connectivity index (χ3n) is 7.94. The Hall–Kier alpha value is -2.10. The summed E-state index contributed by atoms with van der Waals surface area (Å²) < 4.78 is 42.8. The molecule has 1 amide bonds. The number of carboxylic acid groups (broad SMARTS) is 1. The monoisotopic (exact) mass is 427 g/mol. The van der Waals surface area contributed by atoms with Crippen molar-refractivity contribution in [2.45, 2.75) is 75.1 Å². The van der Waals surface area contributed by atoms with E-state index in [1.165, 1.54) is 0 Å². The van der Waals surface area contributed by atoms with Gasteiger partial charge in [-0.25, -0.2) is 4.79 Å². The molecule has 164 valence electrons. The van der Waals surface area contributed by atoms with E-state index in [2.05, 4.69) is 5.10 Å². The van der Waals surface area contributed by atoms with Crippen LogP contribution in [-0.4, -0.2) is 37.5 Å². The van der Waals surface area contributed by atoms with Crippen molar-refractivity contribution >= 4 is 11.9 Å². The van der Waals surface area contributed by atoms with Crippen LogP contribution in [0, 0.1) is 17.3 Å². The molecule has 30 heavy (non-hydrogen) atoms. The quantitative estimate of drug-likeness (QED) is 0.683. The molecule has 1 aromatic heterocycles. The van der Waals surface area contributed by atoms with Gasteiger partial charge in [0.15, 0.2) is 5.69 Å². The van der Waals surface area contributed by atoms with Crippen LogP contribution in [0.3, 0.4) is 0 Å². The molecule has 5 atom stereocenters. The summed E-state index contributed by atoms with van der Waals surface area (Å²) >= 11 is 0. The third-order valence-corrected chi connectivity index (χ3v) is 7.94. The van der Waals surface area contributed by atoms with Crippen molar-refractivity contribution in [1.29, 1.82) is 0 Å². The lowest BCUT2D eigenvalue weighted by Crippen LogP contribution is -2.63. The molecule has 5 aliphatic carbocycles. The topological polar surface area (TPSA) is 118 Å². The standard InChI is InChI=1S/C20H24F3N3O4/c21-20(22,23)15-12(16(27)28)14(25-26(15)11-2-1-3-11)13-10-4-9-5-18(30,7-10)8-19(13,6-9)17(24)29/h9-11,13,30H,1-8H2,(H2,24,29)(H,27,28). The van der Waals surface area contributed by atoms with Crippen LogP contribution in [0.5, 0.6) is 0 Å². The first-order valence-corrected chi connectivity index (χ1v) is 10.4. The number of carbonyl (C=O) groups excluding carboxylic acids is 1. The van der Waals surface area contributed by atoms with Crippen molar-refractivity contribution in [2.75, 3.05) is 0 Å². The zero-order valence-corrected chi connectivity index (χ0v) is 16.3. The molecule has 6 rings (SSSR count). The van der Waals surface area contributed by atoms with Gasteiger partial charge >= 0.3 is 12.1 Å². The largest absolute Gasteiger partial charge is 0.478 e. The lowest BCUT2D eigenvalue weighted by molar-refractivity contribution is -0.185. The number of hydrogen-bond donors (Lipinski definition) is 3. The van der Waals surface area contributed by atoms with E-state index in [1.807, 2.05) is 0 Å². The minimum absolute atomic E-state index is 0.0453. The van der Waals surface area contributed by atoms with E-state index in [1.54, 1.807) is 0 Å². The molecule has 4 bridgehead atoms. The third kappa shape index (κ3) is 2.58. The number of halogens is 3. The summed E-state index contributed by atoms with van der Waals surface area (Å²) in [4.78, 5) is 24.7. The van der Waals surface area contributed by atoms with Gasteiger partial charge in [0.05, 0.1) is 22.8 Å². The highest BCUT2D eigenvalue weighted by molar-refractivity contribution is 5.92. The van der Waals surface area contributed by atoms with Gasteiger partial charge in [-0.2, -0.15) is 18.3 Å². The molecule has 5 fully saturated rings. The summed E-state index contributed by atoms with van der Waals surface area (Å²) in [5, 5.41) is 25.0. The number of amides is 1. The second-order valence-electron chi connectivity index (χ2n) is 9.81. The Morgan fingerprint density at radius 3 is 2.40 bits per heavy atom. The van der Waals surface area contributed by atoms with Gasteiger partial charge in [-0.3, -0.25) is 9.48 Å². The minimum Gasteiger partial charge on any atom is -0.478 e. The van der Waals surface area contributed by atoms with Crippen LogP contribution in [0.1, 0.15) is 85.1 Å². The van der Waals surface area contributed by atoms with Crippen LogP contribution in [0.4, 0.5) is 13.2 Å². The summed E-state index contributed by atoms with van der Waals surface area (Å²) in [6.07, 6.45) is -1.25. The van der Waals surface area contributed by atoms with E-state index in [-0.39, 0.29) is 24.0 Å². The van der Waals surface area contributed by atoms with E-state index in [9.17, 15) is 33.0 Å².